The predicted molar refractivity (Wildman–Crippen MR) is 93.2 cm³/mol. The van der Waals surface area contributed by atoms with Crippen molar-refractivity contribution in [1.29, 1.82) is 0 Å². The second kappa shape index (κ2) is 6.61. The van der Waals surface area contributed by atoms with E-state index in [-0.39, 0.29) is 23.7 Å². The van der Waals surface area contributed by atoms with E-state index in [9.17, 15) is 9.59 Å². The van der Waals surface area contributed by atoms with Gasteiger partial charge in [0.1, 0.15) is 0 Å². The normalized spacial score (nSPS) is 18.8. The molecule has 1 aromatic carbocycles. The molecule has 2 amide bonds. The van der Waals surface area contributed by atoms with E-state index in [1.54, 1.807) is 44.7 Å². The molecule has 0 aliphatic heterocycles. The van der Waals surface area contributed by atoms with Gasteiger partial charge in [-0.05, 0) is 42.2 Å². The number of hydrogen-bond donors (Lipinski definition) is 1. The zero-order valence-corrected chi connectivity index (χ0v) is 14.2. The highest BCUT2D eigenvalue weighted by Gasteiger charge is 2.44. The Balaban J connectivity index is 1.66. The molecule has 5 nitrogen and oxygen atoms in total. The number of amides is 2. The average molecular weight is 344 g/mol. The van der Waals surface area contributed by atoms with Crippen LogP contribution in [0.3, 0.4) is 0 Å². The number of hydrogen-bond acceptors (Lipinski definition) is 3. The van der Waals surface area contributed by atoms with Gasteiger partial charge in [-0.25, -0.2) is 0 Å². The van der Waals surface area contributed by atoms with Crippen LogP contribution in [0.15, 0.2) is 42.7 Å². The third-order valence-electron chi connectivity index (χ3n) is 4.11. The Morgan fingerprint density at radius 2 is 2.08 bits per heavy atom. The highest BCUT2D eigenvalue weighted by molar-refractivity contribution is 6.34. The molecule has 0 spiro atoms. The van der Waals surface area contributed by atoms with Gasteiger partial charge in [0.2, 0.25) is 5.91 Å². The minimum Gasteiger partial charge on any atom is -0.345 e. The van der Waals surface area contributed by atoms with Crippen molar-refractivity contribution < 1.29 is 9.59 Å². The molecular weight excluding hydrogens is 326 g/mol. The Labute approximate surface area is 145 Å². The van der Waals surface area contributed by atoms with E-state index in [2.05, 4.69) is 10.3 Å². The first-order valence-corrected chi connectivity index (χ1v) is 8.07. The Morgan fingerprint density at radius 1 is 1.29 bits per heavy atom. The van der Waals surface area contributed by atoms with Gasteiger partial charge in [-0.15, -0.1) is 0 Å². The third-order valence-corrected chi connectivity index (χ3v) is 4.43. The van der Waals surface area contributed by atoms with Crippen LogP contribution in [0.5, 0.6) is 0 Å². The second-order valence-corrected chi connectivity index (χ2v) is 6.53. The van der Waals surface area contributed by atoms with E-state index in [0.717, 1.165) is 12.0 Å². The van der Waals surface area contributed by atoms with Crippen LogP contribution in [0.1, 0.15) is 28.3 Å². The molecule has 0 radical (unpaired) electrons. The topological polar surface area (TPSA) is 62.3 Å². The number of benzene rings is 1. The summed E-state index contributed by atoms with van der Waals surface area (Å²) >= 11 is 6.16. The van der Waals surface area contributed by atoms with Gasteiger partial charge in [0.05, 0.1) is 10.6 Å². The molecule has 24 heavy (non-hydrogen) atoms. The summed E-state index contributed by atoms with van der Waals surface area (Å²) in [5.74, 6) is -0.0249. The SMILES string of the molecule is CN(C)C(=O)c1ccc(NC(=O)C2CC2c2cccnc2)cc1Cl. The minimum absolute atomic E-state index is 0.0356. The first-order valence-electron chi connectivity index (χ1n) is 7.69. The molecule has 1 N–H and O–H groups in total. The maximum atomic E-state index is 12.3. The van der Waals surface area contributed by atoms with Gasteiger partial charge in [-0.1, -0.05) is 17.7 Å². The van der Waals surface area contributed by atoms with Gasteiger partial charge in [-0.2, -0.15) is 0 Å². The van der Waals surface area contributed by atoms with E-state index in [4.69, 9.17) is 11.6 Å². The van der Waals surface area contributed by atoms with E-state index in [0.29, 0.717) is 16.3 Å². The summed E-state index contributed by atoms with van der Waals surface area (Å²) in [5.41, 5.74) is 2.10. The Kier molecular flexibility index (Phi) is 4.53. The zero-order chi connectivity index (χ0) is 17.3. The van der Waals surface area contributed by atoms with Crippen LogP contribution < -0.4 is 5.32 Å². The fourth-order valence-electron chi connectivity index (χ4n) is 2.69. The Morgan fingerprint density at radius 3 is 2.71 bits per heavy atom. The largest absolute Gasteiger partial charge is 0.345 e. The van der Waals surface area contributed by atoms with Crippen LogP contribution in [0.4, 0.5) is 5.69 Å². The number of nitrogens with zero attached hydrogens (tertiary/aromatic N) is 2. The quantitative estimate of drug-likeness (QED) is 0.927. The molecule has 1 aliphatic carbocycles. The molecule has 1 saturated carbocycles. The molecule has 2 aromatic rings. The lowest BCUT2D eigenvalue weighted by atomic mass is 10.1. The Bertz CT molecular complexity index is 777. The first kappa shape index (κ1) is 16.5. The van der Waals surface area contributed by atoms with E-state index < -0.39 is 0 Å². The van der Waals surface area contributed by atoms with Gasteiger partial charge in [0.25, 0.3) is 5.91 Å². The molecule has 124 valence electrons. The van der Waals surface area contributed by atoms with E-state index in [1.165, 1.54) is 4.90 Å². The summed E-state index contributed by atoms with van der Waals surface area (Å²) in [6.07, 6.45) is 4.35. The van der Waals surface area contributed by atoms with Crippen LogP contribution in [0, 0.1) is 5.92 Å². The molecule has 2 unspecified atom stereocenters. The smallest absolute Gasteiger partial charge is 0.254 e. The number of anilines is 1. The molecule has 3 rings (SSSR count). The molecule has 1 fully saturated rings. The maximum Gasteiger partial charge on any atom is 0.254 e. The number of carbonyl (C=O) groups is 2. The molecule has 0 saturated heterocycles. The minimum atomic E-state index is -0.170. The molecule has 1 aromatic heterocycles. The lowest BCUT2D eigenvalue weighted by Gasteiger charge is -2.12. The molecule has 2 atom stereocenters. The highest BCUT2D eigenvalue weighted by atomic mass is 35.5. The van der Waals surface area contributed by atoms with Crippen molar-refractivity contribution in [2.24, 2.45) is 5.92 Å². The average Bonchev–Trinajstić information content (AvgIpc) is 3.36. The fraction of sp³-hybridized carbons (Fsp3) is 0.278. The predicted octanol–water partition coefficient (Wildman–Crippen LogP) is 3.18. The fourth-order valence-corrected chi connectivity index (χ4v) is 2.95. The lowest BCUT2D eigenvalue weighted by Crippen LogP contribution is -2.22. The van der Waals surface area contributed by atoms with Gasteiger partial charge in [-0.3, -0.25) is 14.6 Å². The summed E-state index contributed by atoms with van der Waals surface area (Å²) in [6, 6.07) is 8.80. The van der Waals surface area contributed by atoms with Crippen molar-refractivity contribution in [3.63, 3.8) is 0 Å². The number of aromatic nitrogens is 1. The molecule has 1 aliphatic rings. The number of rotatable bonds is 4. The number of carbonyl (C=O) groups excluding carboxylic acids is 2. The zero-order valence-electron chi connectivity index (χ0n) is 13.5. The Hall–Kier alpha value is -2.40. The van der Waals surface area contributed by atoms with Gasteiger partial charge in [0.15, 0.2) is 0 Å². The lowest BCUT2D eigenvalue weighted by molar-refractivity contribution is -0.117. The van der Waals surface area contributed by atoms with Crippen molar-refractivity contribution >= 4 is 29.1 Å². The van der Waals surface area contributed by atoms with E-state index >= 15 is 0 Å². The van der Waals surface area contributed by atoms with Crippen LogP contribution in [-0.4, -0.2) is 35.8 Å². The van der Waals surface area contributed by atoms with Crippen LogP contribution in [0.25, 0.3) is 0 Å². The van der Waals surface area contributed by atoms with Crippen LogP contribution in [-0.2, 0) is 4.79 Å². The summed E-state index contributed by atoms with van der Waals surface area (Å²) in [4.78, 5) is 29.9. The maximum absolute atomic E-state index is 12.3. The number of nitrogens with one attached hydrogen (secondary N) is 1. The molecular formula is C18H18ClN3O2. The summed E-state index contributed by atoms with van der Waals surface area (Å²) in [6.45, 7) is 0. The highest BCUT2D eigenvalue weighted by Crippen LogP contribution is 2.47. The van der Waals surface area contributed by atoms with Gasteiger partial charge >= 0.3 is 0 Å². The molecule has 1 heterocycles. The third kappa shape index (κ3) is 3.41. The van der Waals surface area contributed by atoms with Crippen molar-refractivity contribution in [1.82, 2.24) is 9.88 Å². The summed E-state index contributed by atoms with van der Waals surface area (Å²) < 4.78 is 0. The van der Waals surface area contributed by atoms with Crippen molar-refractivity contribution in [3.05, 3.63) is 58.9 Å². The van der Waals surface area contributed by atoms with E-state index in [1.807, 2.05) is 12.1 Å². The summed E-state index contributed by atoms with van der Waals surface area (Å²) in [7, 11) is 3.33. The standard InChI is InChI=1S/C18H18ClN3O2/c1-22(2)18(24)13-6-5-12(8-16(13)19)21-17(23)15-9-14(15)11-4-3-7-20-10-11/h3-8,10,14-15H,9H2,1-2H3,(H,21,23). The van der Waals surface area contributed by atoms with Gasteiger partial charge in [0, 0.05) is 38.1 Å². The summed E-state index contributed by atoms with van der Waals surface area (Å²) in [5, 5.41) is 3.20. The van der Waals surface area contributed by atoms with Crippen molar-refractivity contribution in [2.75, 3.05) is 19.4 Å². The van der Waals surface area contributed by atoms with Crippen LogP contribution >= 0.6 is 11.6 Å². The van der Waals surface area contributed by atoms with Crippen molar-refractivity contribution in [3.8, 4) is 0 Å². The first-order chi connectivity index (χ1) is 11.5. The monoisotopic (exact) mass is 343 g/mol. The number of pyridine rings is 1. The molecule has 6 heteroatoms. The molecule has 0 bridgehead atoms. The van der Waals surface area contributed by atoms with Crippen LogP contribution in [0.2, 0.25) is 5.02 Å². The van der Waals surface area contributed by atoms with Crippen molar-refractivity contribution in [2.45, 2.75) is 12.3 Å². The van der Waals surface area contributed by atoms with Gasteiger partial charge < -0.3 is 10.2 Å². The second-order valence-electron chi connectivity index (χ2n) is 6.12. The number of halogens is 1.